The van der Waals surface area contributed by atoms with Crippen molar-refractivity contribution in [3.63, 3.8) is 0 Å². The molecular weight excluding hydrogens is 174 g/mol. The zero-order chi connectivity index (χ0) is 9.84. The van der Waals surface area contributed by atoms with E-state index in [0.29, 0.717) is 11.8 Å². The van der Waals surface area contributed by atoms with Crippen LogP contribution in [-0.4, -0.2) is 12.7 Å². The standard InChI is InChI=1S/C10H10F2O/c1-7-3-2-4-8(5-7)9(6-13)10(11)12/h2-6,9-10H,1H3. The van der Waals surface area contributed by atoms with Gasteiger partial charge >= 0.3 is 0 Å². The predicted octanol–water partition coefficient (Wildman–Crippen LogP) is 2.54. The van der Waals surface area contributed by atoms with Crippen LogP contribution in [0.1, 0.15) is 17.0 Å². The molecule has 0 saturated carbocycles. The zero-order valence-corrected chi connectivity index (χ0v) is 7.21. The van der Waals surface area contributed by atoms with E-state index in [-0.39, 0.29) is 0 Å². The van der Waals surface area contributed by atoms with E-state index in [4.69, 9.17) is 0 Å². The minimum atomic E-state index is -2.63. The van der Waals surface area contributed by atoms with E-state index >= 15 is 0 Å². The number of halogens is 2. The molecule has 1 unspecified atom stereocenters. The second-order valence-electron chi connectivity index (χ2n) is 2.91. The summed E-state index contributed by atoms with van der Waals surface area (Å²) in [5.41, 5.74) is 1.26. The van der Waals surface area contributed by atoms with Crippen molar-refractivity contribution in [2.75, 3.05) is 0 Å². The van der Waals surface area contributed by atoms with E-state index in [1.807, 2.05) is 0 Å². The monoisotopic (exact) mass is 184 g/mol. The van der Waals surface area contributed by atoms with Gasteiger partial charge in [-0.25, -0.2) is 8.78 Å². The summed E-state index contributed by atoms with van der Waals surface area (Å²) in [7, 11) is 0. The van der Waals surface area contributed by atoms with Crippen molar-refractivity contribution in [1.82, 2.24) is 0 Å². The van der Waals surface area contributed by atoms with Crippen LogP contribution in [0.2, 0.25) is 0 Å². The Labute approximate surface area is 75.4 Å². The summed E-state index contributed by atoms with van der Waals surface area (Å²) >= 11 is 0. The summed E-state index contributed by atoms with van der Waals surface area (Å²) < 4.78 is 24.6. The first-order valence-electron chi connectivity index (χ1n) is 3.95. The Kier molecular flexibility index (Phi) is 3.12. The van der Waals surface area contributed by atoms with Crippen molar-refractivity contribution in [1.29, 1.82) is 0 Å². The predicted molar refractivity (Wildman–Crippen MR) is 46.0 cm³/mol. The maximum Gasteiger partial charge on any atom is 0.252 e. The first-order chi connectivity index (χ1) is 6.15. The van der Waals surface area contributed by atoms with Gasteiger partial charge in [0.05, 0.1) is 0 Å². The van der Waals surface area contributed by atoms with Crippen LogP contribution in [0.4, 0.5) is 8.78 Å². The van der Waals surface area contributed by atoms with Crippen molar-refractivity contribution in [3.8, 4) is 0 Å². The van der Waals surface area contributed by atoms with Gasteiger partial charge in [0, 0.05) is 0 Å². The molecule has 0 amide bonds. The first kappa shape index (κ1) is 9.84. The molecule has 1 aromatic carbocycles. The summed E-state index contributed by atoms with van der Waals surface area (Å²) in [6, 6.07) is 6.61. The fourth-order valence-electron chi connectivity index (χ4n) is 1.16. The molecule has 1 atom stereocenters. The molecule has 0 heterocycles. The molecule has 70 valence electrons. The van der Waals surface area contributed by atoms with Gasteiger partial charge in [-0.15, -0.1) is 0 Å². The van der Waals surface area contributed by atoms with Crippen LogP contribution < -0.4 is 0 Å². The molecule has 1 aromatic rings. The van der Waals surface area contributed by atoms with Crippen molar-refractivity contribution >= 4 is 6.29 Å². The number of alkyl halides is 2. The smallest absolute Gasteiger partial charge is 0.252 e. The van der Waals surface area contributed by atoms with Crippen molar-refractivity contribution in [2.45, 2.75) is 19.3 Å². The Morgan fingerprint density at radius 2 is 2.08 bits per heavy atom. The quantitative estimate of drug-likeness (QED) is 0.660. The number of aryl methyl sites for hydroxylation is 1. The third-order valence-corrected chi connectivity index (χ3v) is 1.85. The van der Waals surface area contributed by atoms with Crippen LogP contribution in [0.15, 0.2) is 24.3 Å². The van der Waals surface area contributed by atoms with Crippen LogP contribution >= 0.6 is 0 Å². The topological polar surface area (TPSA) is 17.1 Å². The summed E-state index contributed by atoms with van der Waals surface area (Å²) in [6.07, 6.45) is -2.33. The van der Waals surface area contributed by atoms with E-state index in [1.165, 1.54) is 6.07 Å². The lowest BCUT2D eigenvalue weighted by molar-refractivity contribution is -0.111. The van der Waals surface area contributed by atoms with Gasteiger partial charge < -0.3 is 4.79 Å². The molecule has 3 heteroatoms. The lowest BCUT2D eigenvalue weighted by atomic mass is 9.99. The Balaban J connectivity index is 2.98. The number of hydrogen-bond donors (Lipinski definition) is 0. The first-order valence-corrected chi connectivity index (χ1v) is 3.95. The highest BCUT2D eigenvalue weighted by Crippen LogP contribution is 2.21. The van der Waals surface area contributed by atoms with E-state index in [9.17, 15) is 13.6 Å². The van der Waals surface area contributed by atoms with Gasteiger partial charge in [-0.1, -0.05) is 29.8 Å². The van der Waals surface area contributed by atoms with Gasteiger partial charge in [0.2, 0.25) is 0 Å². The number of benzene rings is 1. The molecule has 0 fully saturated rings. The molecule has 0 N–H and O–H groups in total. The molecule has 1 rings (SSSR count). The molecule has 1 nitrogen and oxygen atoms in total. The normalized spacial score (nSPS) is 12.9. The number of rotatable bonds is 3. The molecule has 0 spiro atoms. The molecule has 0 aromatic heterocycles. The van der Waals surface area contributed by atoms with Crippen LogP contribution in [0.3, 0.4) is 0 Å². The Bertz CT molecular complexity index is 297. The molecule has 0 aliphatic carbocycles. The molecule has 0 saturated heterocycles. The average Bonchev–Trinajstić information content (AvgIpc) is 2.04. The van der Waals surface area contributed by atoms with Gasteiger partial charge in [-0.2, -0.15) is 0 Å². The Morgan fingerprint density at radius 3 is 2.54 bits per heavy atom. The SMILES string of the molecule is Cc1cccc(C(C=O)C(F)F)c1. The third-order valence-electron chi connectivity index (χ3n) is 1.85. The van der Waals surface area contributed by atoms with Gasteiger partial charge in [-0.3, -0.25) is 0 Å². The van der Waals surface area contributed by atoms with Crippen molar-refractivity contribution < 1.29 is 13.6 Å². The lowest BCUT2D eigenvalue weighted by Crippen LogP contribution is -2.10. The Morgan fingerprint density at radius 1 is 1.38 bits per heavy atom. The lowest BCUT2D eigenvalue weighted by Gasteiger charge is -2.09. The highest BCUT2D eigenvalue weighted by molar-refractivity contribution is 5.62. The van der Waals surface area contributed by atoms with Crippen molar-refractivity contribution in [2.24, 2.45) is 0 Å². The third kappa shape index (κ3) is 2.34. The van der Waals surface area contributed by atoms with Crippen LogP contribution in [0.25, 0.3) is 0 Å². The highest BCUT2D eigenvalue weighted by atomic mass is 19.3. The Hall–Kier alpha value is -1.25. The van der Waals surface area contributed by atoms with Gasteiger partial charge in [0.25, 0.3) is 6.43 Å². The largest absolute Gasteiger partial charge is 0.302 e. The van der Waals surface area contributed by atoms with Gasteiger partial charge in [0.15, 0.2) is 0 Å². The van der Waals surface area contributed by atoms with Crippen molar-refractivity contribution in [3.05, 3.63) is 35.4 Å². The van der Waals surface area contributed by atoms with E-state index < -0.39 is 12.3 Å². The van der Waals surface area contributed by atoms with Crippen LogP contribution in [0.5, 0.6) is 0 Å². The molecular formula is C10H10F2O. The number of hydrogen-bond acceptors (Lipinski definition) is 1. The highest BCUT2D eigenvalue weighted by Gasteiger charge is 2.21. The van der Waals surface area contributed by atoms with E-state index in [2.05, 4.69) is 0 Å². The number of aldehydes is 1. The molecule has 0 bridgehead atoms. The average molecular weight is 184 g/mol. The summed E-state index contributed by atoms with van der Waals surface area (Å²) in [4.78, 5) is 10.4. The summed E-state index contributed by atoms with van der Waals surface area (Å²) in [5.74, 6) is -1.29. The fourth-order valence-corrected chi connectivity index (χ4v) is 1.16. The van der Waals surface area contributed by atoms with Crippen LogP contribution in [0, 0.1) is 6.92 Å². The maximum absolute atomic E-state index is 12.3. The zero-order valence-electron chi connectivity index (χ0n) is 7.21. The molecule has 0 aliphatic heterocycles. The second-order valence-corrected chi connectivity index (χ2v) is 2.91. The molecule has 13 heavy (non-hydrogen) atoms. The molecule has 0 aliphatic rings. The second kappa shape index (κ2) is 4.12. The minimum Gasteiger partial charge on any atom is -0.302 e. The van der Waals surface area contributed by atoms with E-state index in [0.717, 1.165) is 5.56 Å². The minimum absolute atomic E-state index is 0.291. The van der Waals surface area contributed by atoms with Gasteiger partial charge in [-0.05, 0) is 12.5 Å². The van der Waals surface area contributed by atoms with Crippen LogP contribution in [-0.2, 0) is 4.79 Å². The van der Waals surface area contributed by atoms with Gasteiger partial charge in [0.1, 0.15) is 12.2 Å². The number of carbonyl (C=O) groups excluding carboxylic acids is 1. The number of carbonyl (C=O) groups is 1. The maximum atomic E-state index is 12.3. The summed E-state index contributed by atoms with van der Waals surface area (Å²) in [5, 5.41) is 0. The fraction of sp³-hybridized carbons (Fsp3) is 0.300. The van der Waals surface area contributed by atoms with E-state index in [1.54, 1.807) is 25.1 Å². The molecule has 0 radical (unpaired) electrons. The summed E-state index contributed by atoms with van der Waals surface area (Å²) in [6.45, 7) is 1.80.